The van der Waals surface area contributed by atoms with E-state index in [0.29, 0.717) is 24.9 Å². The van der Waals surface area contributed by atoms with Gasteiger partial charge in [0.15, 0.2) is 5.78 Å². The standard InChI is InChI=1S/C27H40N4O4.CH4.2H2S/c1-5-11-29-13-15-30(16-14-29)20-8-6-19(7-9-20)25(33)28-21(17-27(2,3)4)26(34)31-12-10-23-24(31)22(32)18-35-23;;;/h6-9,21,23-24H,5,10-18H2,1-4H3,(H,28,33);1H4;2*1H2/t21-,23+,24+;;;/m0.../s1. The van der Waals surface area contributed by atoms with Crippen molar-refractivity contribution in [2.24, 2.45) is 5.41 Å². The number of nitrogens with one attached hydrogen (secondary N) is 1. The zero-order chi connectivity index (χ0) is 25.2. The van der Waals surface area contributed by atoms with Crippen LogP contribution in [0, 0.1) is 5.41 Å². The Morgan fingerprint density at radius 1 is 1.05 bits per heavy atom. The lowest BCUT2D eigenvalue weighted by atomic mass is 9.87. The van der Waals surface area contributed by atoms with E-state index in [2.05, 4.69) is 22.0 Å². The maximum absolute atomic E-state index is 13.5. The lowest BCUT2D eigenvalue weighted by Gasteiger charge is -2.36. The molecule has 0 saturated carbocycles. The minimum atomic E-state index is -0.694. The molecule has 2 amide bonds. The second-order valence-corrected chi connectivity index (χ2v) is 11.2. The number of rotatable bonds is 7. The van der Waals surface area contributed by atoms with E-state index in [0.717, 1.165) is 38.4 Å². The summed E-state index contributed by atoms with van der Waals surface area (Å²) in [5, 5.41) is 2.98. The Morgan fingerprint density at radius 3 is 2.26 bits per heavy atom. The van der Waals surface area contributed by atoms with Crippen molar-refractivity contribution in [1.29, 1.82) is 0 Å². The third-order valence-corrected chi connectivity index (χ3v) is 7.22. The lowest BCUT2D eigenvalue weighted by Crippen LogP contribution is -2.53. The van der Waals surface area contributed by atoms with Gasteiger partial charge < -0.3 is 19.9 Å². The van der Waals surface area contributed by atoms with Crippen molar-refractivity contribution in [1.82, 2.24) is 15.1 Å². The summed E-state index contributed by atoms with van der Waals surface area (Å²) in [5.74, 6) is -0.509. The first-order valence-electron chi connectivity index (χ1n) is 13.0. The highest BCUT2D eigenvalue weighted by atomic mass is 32.1. The molecule has 3 saturated heterocycles. The van der Waals surface area contributed by atoms with Crippen molar-refractivity contribution in [3.8, 4) is 0 Å². The molecule has 216 valence electrons. The Bertz CT molecular complexity index is 930. The van der Waals surface area contributed by atoms with Crippen molar-refractivity contribution in [2.45, 2.75) is 72.6 Å². The summed E-state index contributed by atoms with van der Waals surface area (Å²) in [5.41, 5.74) is 1.47. The highest BCUT2D eigenvalue weighted by Gasteiger charge is 2.48. The number of ether oxygens (including phenoxy) is 1. The van der Waals surface area contributed by atoms with Crippen molar-refractivity contribution in [2.75, 3.05) is 50.8 Å². The molecule has 3 aliphatic rings. The van der Waals surface area contributed by atoms with Crippen LogP contribution in [0.2, 0.25) is 0 Å². The number of hydrogen-bond acceptors (Lipinski definition) is 6. The Labute approximate surface area is 242 Å². The molecule has 0 aromatic heterocycles. The second-order valence-electron chi connectivity index (χ2n) is 11.2. The molecule has 0 aliphatic carbocycles. The molecular weight excluding hydrogens is 520 g/mol. The van der Waals surface area contributed by atoms with Gasteiger partial charge in [-0.2, -0.15) is 27.0 Å². The van der Waals surface area contributed by atoms with Crippen LogP contribution in [0.5, 0.6) is 0 Å². The molecule has 3 aliphatic heterocycles. The van der Waals surface area contributed by atoms with Crippen LogP contribution in [-0.4, -0.2) is 91.5 Å². The van der Waals surface area contributed by atoms with Gasteiger partial charge in [-0.05, 0) is 55.5 Å². The molecule has 8 nitrogen and oxygen atoms in total. The van der Waals surface area contributed by atoms with Crippen LogP contribution in [-0.2, 0) is 14.3 Å². The summed E-state index contributed by atoms with van der Waals surface area (Å²) >= 11 is 0. The molecular formula is C28H48N4O4S2. The van der Waals surface area contributed by atoms with Gasteiger partial charge in [0.2, 0.25) is 5.91 Å². The van der Waals surface area contributed by atoms with Gasteiger partial charge in [-0.15, -0.1) is 0 Å². The molecule has 1 aromatic rings. The number of nitrogens with zero attached hydrogens (tertiary/aromatic N) is 3. The number of carbonyl (C=O) groups excluding carboxylic acids is 3. The number of amides is 2. The number of ketones is 1. The van der Waals surface area contributed by atoms with E-state index in [1.807, 2.05) is 45.0 Å². The van der Waals surface area contributed by atoms with Crippen molar-refractivity contribution in [3.05, 3.63) is 29.8 Å². The molecule has 0 spiro atoms. The molecule has 0 radical (unpaired) electrons. The van der Waals surface area contributed by atoms with Crippen LogP contribution in [0.3, 0.4) is 0 Å². The molecule has 1 N–H and O–H groups in total. The van der Waals surface area contributed by atoms with Crippen LogP contribution in [0.25, 0.3) is 0 Å². The smallest absolute Gasteiger partial charge is 0.251 e. The fraction of sp³-hybridized carbons (Fsp3) is 0.679. The summed E-state index contributed by atoms with van der Waals surface area (Å²) in [4.78, 5) is 45.4. The molecule has 10 heteroatoms. The predicted octanol–water partition coefficient (Wildman–Crippen LogP) is 3.18. The maximum atomic E-state index is 13.5. The van der Waals surface area contributed by atoms with Crippen molar-refractivity contribution >= 4 is 50.3 Å². The molecule has 1 aromatic carbocycles. The minimum Gasteiger partial charge on any atom is -0.369 e. The number of fused-ring (bicyclic) bond motifs is 1. The molecule has 0 bridgehead atoms. The van der Waals surface area contributed by atoms with Crippen LogP contribution in [0.4, 0.5) is 5.69 Å². The van der Waals surface area contributed by atoms with Gasteiger partial charge in [0.25, 0.3) is 5.91 Å². The maximum Gasteiger partial charge on any atom is 0.251 e. The van der Waals surface area contributed by atoms with Crippen LogP contribution < -0.4 is 10.2 Å². The van der Waals surface area contributed by atoms with Gasteiger partial charge in [0, 0.05) is 44.0 Å². The molecule has 4 rings (SSSR count). The van der Waals surface area contributed by atoms with Crippen LogP contribution in [0.1, 0.15) is 64.7 Å². The second kappa shape index (κ2) is 14.6. The predicted molar refractivity (Wildman–Crippen MR) is 163 cm³/mol. The van der Waals surface area contributed by atoms with Gasteiger partial charge in [-0.25, -0.2) is 0 Å². The van der Waals surface area contributed by atoms with Crippen molar-refractivity contribution < 1.29 is 19.1 Å². The largest absolute Gasteiger partial charge is 0.369 e. The van der Waals surface area contributed by atoms with Crippen LogP contribution in [0.15, 0.2) is 24.3 Å². The normalized spacial score (nSPS) is 22.1. The van der Waals surface area contributed by atoms with E-state index >= 15 is 0 Å². The van der Waals surface area contributed by atoms with E-state index in [4.69, 9.17) is 4.74 Å². The molecule has 38 heavy (non-hydrogen) atoms. The first kappa shape index (κ1) is 34.3. The average Bonchev–Trinajstić information content (AvgIpc) is 3.41. The van der Waals surface area contributed by atoms with E-state index in [1.165, 1.54) is 6.42 Å². The average molecular weight is 569 g/mol. The first-order chi connectivity index (χ1) is 16.7. The van der Waals surface area contributed by atoms with E-state index < -0.39 is 12.1 Å². The quantitative estimate of drug-likeness (QED) is 0.544. The minimum absolute atomic E-state index is 0. The van der Waals surface area contributed by atoms with Crippen molar-refractivity contribution in [3.63, 3.8) is 0 Å². The van der Waals surface area contributed by atoms with E-state index in [1.54, 1.807) is 4.90 Å². The Morgan fingerprint density at radius 2 is 1.68 bits per heavy atom. The summed E-state index contributed by atoms with van der Waals surface area (Å²) in [6, 6.07) is 6.44. The van der Waals surface area contributed by atoms with Gasteiger partial charge in [0.1, 0.15) is 18.7 Å². The van der Waals surface area contributed by atoms with Crippen LogP contribution >= 0.6 is 27.0 Å². The molecule has 3 heterocycles. The Hall–Kier alpha value is -1.75. The Kier molecular flexibility index (Phi) is 13.2. The number of likely N-dealkylation sites (tertiary alicyclic amines) is 1. The summed E-state index contributed by atoms with van der Waals surface area (Å²) in [6.45, 7) is 14.1. The Balaban J connectivity index is 0.00000241. The fourth-order valence-electron chi connectivity index (χ4n) is 5.47. The highest BCUT2D eigenvalue weighted by Crippen LogP contribution is 2.30. The summed E-state index contributed by atoms with van der Waals surface area (Å²) < 4.78 is 5.54. The molecule has 0 unspecified atom stereocenters. The van der Waals surface area contributed by atoms with E-state index in [9.17, 15) is 14.4 Å². The fourth-order valence-corrected chi connectivity index (χ4v) is 5.47. The van der Waals surface area contributed by atoms with Gasteiger partial charge >= 0.3 is 0 Å². The lowest BCUT2D eigenvalue weighted by molar-refractivity contribution is -0.138. The third-order valence-electron chi connectivity index (χ3n) is 7.22. The van der Waals surface area contributed by atoms with E-state index in [-0.39, 0.29) is 70.1 Å². The zero-order valence-corrected chi connectivity index (χ0v) is 24.6. The number of anilines is 1. The summed E-state index contributed by atoms with van der Waals surface area (Å²) in [6.07, 6.45) is 2.10. The number of benzene rings is 1. The SMILES string of the molecule is C.CCCN1CCN(c2ccc(C(=O)N[C@@H](CC(C)(C)C)C(=O)N3CC[C@H]4OCC(=O)[C@H]43)cc2)CC1.S.S. The number of carbonyl (C=O) groups is 3. The number of Topliss-reactive ketones (excluding diaryl/α,β-unsaturated/α-hetero) is 1. The number of hydrogen-bond donors (Lipinski definition) is 1. The summed E-state index contributed by atoms with van der Waals surface area (Å²) in [7, 11) is 0. The number of piperazine rings is 1. The highest BCUT2D eigenvalue weighted by molar-refractivity contribution is 7.59. The first-order valence-corrected chi connectivity index (χ1v) is 13.0. The van der Waals surface area contributed by atoms with Gasteiger partial charge in [-0.3, -0.25) is 19.3 Å². The van der Waals surface area contributed by atoms with Gasteiger partial charge in [-0.1, -0.05) is 35.1 Å². The monoisotopic (exact) mass is 568 g/mol. The third kappa shape index (κ3) is 8.13. The van der Waals surface area contributed by atoms with Gasteiger partial charge in [0.05, 0.1) is 6.10 Å². The molecule has 3 atom stereocenters. The topological polar surface area (TPSA) is 82.2 Å². The molecule has 3 fully saturated rings. The zero-order valence-electron chi connectivity index (χ0n) is 22.6.